The van der Waals surface area contributed by atoms with Gasteiger partial charge < -0.3 is 9.47 Å². The molecule has 0 saturated carbocycles. The van der Waals surface area contributed by atoms with Gasteiger partial charge in [-0.25, -0.2) is 4.98 Å². The zero-order valence-electron chi connectivity index (χ0n) is 12.8. The maximum atomic E-state index is 5.40. The van der Waals surface area contributed by atoms with E-state index in [0.29, 0.717) is 5.75 Å². The fourth-order valence-electron chi connectivity index (χ4n) is 2.39. The molecule has 0 saturated heterocycles. The second-order valence-electron chi connectivity index (χ2n) is 4.85. The lowest BCUT2D eigenvalue weighted by atomic mass is 10.1. The van der Waals surface area contributed by atoms with Gasteiger partial charge in [-0.15, -0.1) is 11.3 Å². The number of hydrogen-bond donors (Lipinski definition) is 0. The molecule has 0 fully saturated rings. The zero-order chi connectivity index (χ0) is 15.5. The average Bonchev–Trinajstić information content (AvgIpc) is 2.97. The topological polar surface area (TPSA) is 31.4 Å². The van der Waals surface area contributed by atoms with E-state index in [1.54, 1.807) is 25.6 Å². The third-order valence-corrected chi connectivity index (χ3v) is 4.45. The van der Waals surface area contributed by atoms with Crippen LogP contribution < -0.4 is 9.47 Å². The highest BCUT2D eigenvalue weighted by Gasteiger charge is 2.15. The summed E-state index contributed by atoms with van der Waals surface area (Å²) in [6.45, 7) is 2.03. The van der Waals surface area contributed by atoms with Crippen LogP contribution in [0, 0.1) is 6.92 Å². The van der Waals surface area contributed by atoms with Crippen molar-refractivity contribution in [3.63, 3.8) is 0 Å². The van der Waals surface area contributed by atoms with Crippen LogP contribution in [-0.2, 0) is 0 Å². The average molecular weight is 311 g/mol. The maximum absolute atomic E-state index is 5.40. The normalized spacial score (nSPS) is 10.5. The Balaban J connectivity index is 2.13. The van der Waals surface area contributed by atoms with E-state index in [2.05, 4.69) is 12.1 Å². The first-order chi connectivity index (χ1) is 10.7. The van der Waals surface area contributed by atoms with Crippen molar-refractivity contribution in [1.82, 2.24) is 4.98 Å². The number of nitrogens with zero attached hydrogens (tertiary/aromatic N) is 1. The molecule has 1 aromatic heterocycles. The van der Waals surface area contributed by atoms with Crippen molar-refractivity contribution in [1.29, 1.82) is 0 Å². The van der Waals surface area contributed by atoms with Gasteiger partial charge in [0.2, 0.25) is 0 Å². The van der Waals surface area contributed by atoms with E-state index in [9.17, 15) is 0 Å². The van der Waals surface area contributed by atoms with E-state index in [1.807, 2.05) is 43.3 Å². The van der Waals surface area contributed by atoms with E-state index < -0.39 is 0 Å². The molecule has 0 N–H and O–H groups in total. The smallest absolute Gasteiger partial charge is 0.161 e. The number of methoxy groups -OCH3 is 2. The van der Waals surface area contributed by atoms with Crippen molar-refractivity contribution in [2.24, 2.45) is 0 Å². The molecule has 0 aliphatic carbocycles. The van der Waals surface area contributed by atoms with Gasteiger partial charge in [0.05, 0.1) is 29.8 Å². The van der Waals surface area contributed by atoms with Crippen LogP contribution in [0.15, 0.2) is 48.5 Å². The molecule has 0 spiro atoms. The predicted octanol–water partition coefficient (Wildman–Crippen LogP) is 4.80. The molecule has 112 valence electrons. The predicted molar refractivity (Wildman–Crippen MR) is 90.8 cm³/mol. The first-order valence-corrected chi connectivity index (χ1v) is 7.80. The van der Waals surface area contributed by atoms with Crippen LogP contribution >= 0.6 is 11.3 Å². The van der Waals surface area contributed by atoms with Crippen molar-refractivity contribution < 1.29 is 9.47 Å². The molecule has 0 radical (unpaired) electrons. The van der Waals surface area contributed by atoms with E-state index >= 15 is 0 Å². The van der Waals surface area contributed by atoms with Gasteiger partial charge in [-0.2, -0.15) is 0 Å². The molecule has 0 bridgehead atoms. The summed E-state index contributed by atoms with van der Waals surface area (Å²) >= 11 is 1.70. The summed E-state index contributed by atoms with van der Waals surface area (Å²) in [6, 6.07) is 16.2. The second-order valence-corrected chi connectivity index (χ2v) is 6.05. The van der Waals surface area contributed by atoms with Crippen LogP contribution in [0.5, 0.6) is 11.5 Å². The quantitative estimate of drug-likeness (QED) is 0.693. The van der Waals surface area contributed by atoms with Gasteiger partial charge in [-0.3, -0.25) is 0 Å². The van der Waals surface area contributed by atoms with Crippen LogP contribution in [0.2, 0.25) is 0 Å². The highest BCUT2D eigenvalue weighted by atomic mass is 32.1. The van der Waals surface area contributed by atoms with Gasteiger partial charge in [0, 0.05) is 5.56 Å². The number of thiazole rings is 1. The summed E-state index contributed by atoms with van der Waals surface area (Å²) in [5, 5.41) is 1.05. The molecule has 2 aromatic carbocycles. The molecule has 1 heterocycles. The fourth-order valence-corrected chi connectivity index (χ4v) is 3.34. The molecular formula is C18H17NO2S. The summed E-state index contributed by atoms with van der Waals surface area (Å²) in [7, 11) is 3.28. The van der Waals surface area contributed by atoms with Gasteiger partial charge in [-0.05, 0) is 30.7 Å². The first kappa shape index (κ1) is 14.6. The molecule has 0 aliphatic rings. The maximum Gasteiger partial charge on any atom is 0.161 e. The SMILES string of the molecule is COc1ccc(-c2nc(C)sc2-c2ccccc2)cc1OC. The Morgan fingerprint density at radius 3 is 2.27 bits per heavy atom. The third-order valence-electron chi connectivity index (χ3n) is 3.43. The van der Waals surface area contributed by atoms with Gasteiger partial charge in [0.15, 0.2) is 11.5 Å². The third kappa shape index (κ3) is 2.70. The number of benzene rings is 2. The molecule has 3 rings (SSSR count). The van der Waals surface area contributed by atoms with E-state index in [-0.39, 0.29) is 0 Å². The molecule has 3 nitrogen and oxygen atoms in total. The molecule has 0 aliphatic heterocycles. The van der Waals surface area contributed by atoms with Crippen LogP contribution in [0.25, 0.3) is 21.7 Å². The van der Waals surface area contributed by atoms with Crippen molar-refractivity contribution in [2.75, 3.05) is 14.2 Å². The highest BCUT2D eigenvalue weighted by molar-refractivity contribution is 7.15. The van der Waals surface area contributed by atoms with E-state index in [4.69, 9.17) is 14.5 Å². The Bertz CT molecular complexity index is 781. The number of rotatable bonds is 4. The Hall–Kier alpha value is -2.33. The Labute approximate surface area is 134 Å². The number of aromatic nitrogens is 1. The van der Waals surface area contributed by atoms with Crippen molar-refractivity contribution in [3.8, 4) is 33.2 Å². The van der Waals surface area contributed by atoms with Crippen LogP contribution in [0.3, 0.4) is 0 Å². The Morgan fingerprint density at radius 2 is 1.59 bits per heavy atom. The molecule has 0 atom stereocenters. The number of hydrogen-bond acceptors (Lipinski definition) is 4. The zero-order valence-corrected chi connectivity index (χ0v) is 13.6. The van der Waals surface area contributed by atoms with Crippen molar-refractivity contribution >= 4 is 11.3 Å². The fraction of sp³-hybridized carbons (Fsp3) is 0.167. The van der Waals surface area contributed by atoms with E-state index in [0.717, 1.165) is 22.0 Å². The van der Waals surface area contributed by atoms with Crippen LogP contribution in [-0.4, -0.2) is 19.2 Å². The van der Waals surface area contributed by atoms with Gasteiger partial charge in [0.1, 0.15) is 0 Å². The minimum absolute atomic E-state index is 0.713. The lowest BCUT2D eigenvalue weighted by Crippen LogP contribution is -1.91. The van der Waals surface area contributed by atoms with Gasteiger partial charge in [0.25, 0.3) is 0 Å². The Kier molecular flexibility index (Phi) is 4.11. The minimum atomic E-state index is 0.713. The van der Waals surface area contributed by atoms with Crippen molar-refractivity contribution in [3.05, 3.63) is 53.5 Å². The lowest BCUT2D eigenvalue weighted by molar-refractivity contribution is 0.355. The summed E-state index contributed by atoms with van der Waals surface area (Å²) in [4.78, 5) is 5.88. The molecule has 3 aromatic rings. The molecule has 0 unspecified atom stereocenters. The second kappa shape index (κ2) is 6.20. The van der Waals surface area contributed by atoms with Gasteiger partial charge >= 0.3 is 0 Å². The summed E-state index contributed by atoms with van der Waals surface area (Å²) in [6.07, 6.45) is 0. The molecule has 0 amide bonds. The van der Waals surface area contributed by atoms with E-state index in [1.165, 1.54) is 10.4 Å². The summed E-state index contributed by atoms with van der Waals surface area (Å²) < 4.78 is 10.7. The monoisotopic (exact) mass is 311 g/mol. The molecular weight excluding hydrogens is 294 g/mol. The summed E-state index contributed by atoms with van der Waals surface area (Å²) in [5.74, 6) is 1.43. The highest BCUT2D eigenvalue weighted by Crippen LogP contribution is 2.39. The van der Waals surface area contributed by atoms with Crippen LogP contribution in [0.4, 0.5) is 0 Å². The first-order valence-electron chi connectivity index (χ1n) is 6.98. The standard InChI is InChI=1S/C18H17NO2S/c1-12-19-17(18(22-12)13-7-5-4-6-8-13)14-9-10-15(20-2)16(11-14)21-3/h4-11H,1-3H3. The summed E-state index contributed by atoms with van der Waals surface area (Å²) in [5.41, 5.74) is 3.19. The Morgan fingerprint density at radius 1 is 0.864 bits per heavy atom. The largest absolute Gasteiger partial charge is 0.493 e. The van der Waals surface area contributed by atoms with Crippen molar-refractivity contribution in [2.45, 2.75) is 6.92 Å². The van der Waals surface area contributed by atoms with Gasteiger partial charge in [-0.1, -0.05) is 30.3 Å². The number of ether oxygens (including phenoxy) is 2. The van der Waals surface area contributed by atoms with Crippen LogP contribution in [0.1, 0.15) is 5.01 Å². The number of aryl methyl sites for hydroxylation is 1. The minimum Gasteiger partial charge on any atom is -0.493 e. The molecule has 22 heavy (non-hydrogen) atoms. The lowest BCUT2D eigenvalue weighted by Gasteiger charge is -2.09. The molecule has 4 heteroatoms.